The van der Waals surface area contributed by atoms with Crippen LogP contribution in [-0.2, 0) is 6.54 Å². The van der Waals surface area contributed by atoms with Crippen LogP contribution in [0.3, 0.4) is 0 Å². The first-order chi connectivity index (χ1) is 13.0. The number of rotatable bonds is 6. The lowest BCUT2D eigenvalue weighted by molar-refractivity contribution is 0.0945. The highest BCUT2D eigenvalue weighted by Gasteiger charge is 2.13. The number of aromatic nitrogens is 1. The Labute approximate surface area is 165 Å². The molecule has 0 aliphatic carbocycles. The van der Waals surface area contributed by atoms with Gasteiger partial charge >= 0.3 is 0 Å². The lowest BCUT2D eigenvalue weighted by Crippen LogP contribution is -2.23. The van der Waals surface area contributed by atoms with E-state index in [0.717, 1.165) is 11.3 Å². The number of hydrogen-bond donors (Lipinski definition) is 2. The summed E-state index contributed by atoms with van der Waals surface area (Å²) in [5.41, 5.74) is 1.65. The Bertz CT molecular complexity index is 940. The van der Waals surface area contributed by atoms with Crippen molar-refractivity contribution in [2.45, 2.75) is 6.54 Å². The monoisotopic (exact) mass is 401 g/mol. The van der Waals surface area contributed by atoms with Crippen LogP contribution in [0.15, 0.2) is 53.9 Å². The van der Waals surface area contributed by atoms with Gasteiger partial charge in [0.15, 0.2) is 5.13 Å². The Balaban J connectivity index is 1.56. The van der Waals surface area contributed by atoms with Crippen molar-refractivity contribution in [3.63, 3.8) is 0 Å². The van der Waals surface area contributed by atoms with Crippen LogP contribution in [0.25, 0.3) is 0 Å². The number of thiazole rings is 1. The molecule has 8 heteroatoms. The molecule has 0 aliphatic rings. The van der Waals surface area contributed by atoms with Gasteiger partial charge in [0.25, 0.3) is 11.8 Å². The average molecular weight is 402 g/mol. The highest BCUT2D eigenvalue weighted by Crippen LogP contribution is 2.18. The highest BCUT2D eigenvalue weighted by molar-refractivity contribution is 7.14. The summed E-state index contributed by atoms with van der Waals surface area (Å²) in [6.45, 7) is 0.368. The van der Waals surface area contributed by atoms with Crippen molar-refractivity contribution in [2.75, 3.05) is 12.4 Å². The first kappa shape index (κ1) is 18.9. The standard InChI is InChI=1S/C19H16ClN3O3S/c1-26-15-8-2-12(3-9-15)10-21-18(25)16-11-27-19(22-16)23-17(24)13-4-6-14(20)7-5-13/h2-9,11H,10H2,1H3,(H,21,25)(H,22,23,24). The molecule has 27 heavy (non-hydrogen) atoms. The number of carbonyl (C=O) groups is 2. The van der Waals surface area contributed by atoms with Crippen LogP contribution in [0.1, 0.15) is 26.4 Å². The van der Waals surface area contributed by atoms with E-state index in [9.17, 15) is 9.59 Å². The largest absolute Gasteiger partial charge is 0.497 e. The maximum Gasteiger partial charge on any atom is 0.271 e. The summed E-state index contributed by atoms with van der Waals surface area (Å²) in [7, 11) is 1.60. The van der Waals surface area contributed by atoms with Gasteiger partial charge in [0.05, 0.1) is 7.11 Å². The lowest BCUT2D eigenvalue weighted by Gasteiger charge is -2.05. The second-order valence-corrected chi connectivity index (χ2v) is 6.82. The molecule has 3 aromatic rings. The van der Waals surface area contributed by atoms with Gasteiger partial charge in [-0.15, -0.1) is 11.3 Å². The Morgan fingerprint density at radius 1 is 1.07 bits per heavy atom. The van der Waals surface area contributed by atoms with Gasteiger partial charge in [0.1, 0.15) is 11.4 Å². The molecule has 0 bridgehead atoms. The molecule has 0 spiro atoms. The molecular formula is C19H16ClN3O3S. The Morgan fingerprint density at radius 3 is 2.44 bits per heavy atom. The number of amides is 2. The van der Waals surface area contributed by atoms with Gasteiger partial charge in [-0.1, -0.05) is 23.7 Å². The van der Waals surface area contributed by atoms with Gasteiger partial charge < -0.3 is 10.1 Å². The van der Waals surface area contributed by atoms with Crippen LogP contribution in [0, 0.1) is 0 Å². The van der Waals surface area contributed by atoms with Crippen LogP contribution in [-0.4, -0.2) is 23.9 Å². The van der Waals surface area contributed by atoms with E-state index in [0.29, 0.717) is 22.3 Å². The van der Waals surface area contributed by atoms with E-state index >= 15 is 0 Å². The lowest BCUT2D eigenvalue weighted by atomic mass is 10.2. The van der Waals surface area contributed by atoms with Crippen LogP contribution >= 0.6 is 22.9 Å². The number of carbonyl (C=O) groups excluding carboxylic acids is 2. The molecule has 0 atom stereocenters. The summed E-state index contributed by atoms with van der Waals surface area (Å²) in [6.07, 6.45) is 0. The Morgan fingerprint density at radius 2 is 1.78 bits per heavy atom. The smallest absolute Gasteiger partial charge is 0.271 e. The summed E-state index contributed by atoms with van der Waals surface area (Å²) in [5.74, 6) is 0.130. The third-order valence-corrected chi connectivity index (χ3v) is 4.69. The molecule has 0 unspecified atom stereocenters. The molecule has 3 rings (SSSR count). The van der Waals surface area contributed by atoms with Crippen LogP contribution in [0.5, 0.6) is 5.75 Å². The van der Waals surface area contributed by atoms with Gasteiger partial charge in [-0.05, 0) is 42.0 Å². The number of nitrogens with one attached hydrogen (secondary N) is 2. The van der Waals surface area contributed by atoms with E-state index in [1.54, 1.807) is 36.8 Å². The number of nitrogens with zero attached hydrogens (tertiary/aromatic N) is 1. The minimum absolute atomic E-state index is 0.250. The number of methoxy groups -OCH3 is 1. The van der Waals surface area contributed by atoms with Crippen molar-refractivity contribution in [3.8, 4) is 5.75 Å². The number of benzene rings is 2. The van der Waals surface area contributed by atoms with E-state index in [-0.39, 0.29) is 17.5 Å². The Hall–Kier alpha value is -2.90. The molecule has 138 valence electrons. The van der Waals surface area contributed by atoms with Gasteiger partial charge in [0, 0.05) is 22.5 Å². The van der Waals surface area contributed by atoms with Gasteiger partial charge in [-0.25, -0.2) is 4.98 Å². The van der Waals surface area contributed by atoms with Crippen molar-refractivity contribution in [3.05, 3.63) is 75.8 Å². The first-order valence-electron chi connectivity index (χ1n) is 7.99. The second-order valence-electron chi connectivity index (χ2n) is 5.53. The fourth-order valence-corrected chi connectivity index (χ4v) is 3.03. The van der Waals surface area contributed by atoms with Gasteiger partial charge in [-0.3, -0.25) is 14.9 Å². The van der Waals surface area contributed by atoms with Crippen molar-refractivity contribution < 1.29 is 14.3 Å². The molecule has 0 radical (unpaired) electrons. The Kier molecular flexibility index (Phi) is 6.05. The number of ether oxygens (including phenoxy) is 1. The number of halogens is 1. The molecule has 2 amide bonds. The molecule has 0 saturated carbocycles. The number of hydrogen-bond acceptors (Lipinski definition) is 5. The zero-order chi connectivity index (χ0) is 19.2. The van der Waals surface area contributed by atoms with Gasteiger partial charge in [-0.2, -0.15) is 0 Å². The highest BCUT2D eigenvalue weighted by atomic mass is 35.5. The molecule has 0 saturated heterocycles. The molecule has 1 heterocycles. The van der Waals surface area contributed by atoms with Crippen molar-refractivity contribution in [2.24, 2.45) is 0 Å². The summed E-state index contributed by atoms with van der Waals surface area (Å²) in [5, 5.41) is 7.97. The predicted molar refractivity (Wildman–Crippen MR) is 106 cm³/mol. The van der Waals surface area contributed by atoms with Crippen LogP contribution < -0.4 is 15.4 Å². The van der Waals surface area contributed by atoms with Crippen molar-refractivity contribution >= 4 is 39.9 Å². The third-order valence-electron chi connectivity index (χ3n) is 3.68. The number of anilines is 1. The van der Waals surface area contributed by atoms with E-state index in [1.807, 2.05) is 24.3 Å². The fraction of sp³-hybridized carbons (Fsp3) is 0.105. The summed E-state index contributed by atoms with van der Waals surface area (Å²) < 4.78 is 5.10. The second kappa shape index (κ2) is 8.66. The maximum absolute atomic E-state index is 12.2. The molecule has 2 aromatic carbocycles. The minimum Gasteiger partial charge on any atom is -0.497 e. The summed E-state index contributed by atoms with van der Waals surface area (Å²) in [4.78, 5) is 28.6. The minimum atomic E-state index is -0.314. The zero-order valence-corrected chi connectivity index (χ0v) is 15.9. The maximum atomic E-state index is 12.2. The summed E-state index contributed by atoms with van der Waals surface area (Å²) in [6, 6.07) is 13.9. The molecule has 6 nitrogen and oxygen atoms in total. The van der Waals surface area contributed by atoms with Crippen LogP contribution in [0.2, 0.25) is 5.02 Å². The topological polar surface area (TPSA) is 80.3 Å². The van der Waals surface area contributed by atoms with E-state index in [4.69, 9.17) is 16.3 Å². The molecule has 2 N–H and O–H groups in total. The molecular weight excluding hydrogens is 386 g/mol. The van der Waals surface area contributed by atoms with Crippen molar-refractivity contribution in [1.29, 1.82) is 0 Å². The normalized spacial score (nSPS) is 10.3. The quantitative estimate of drug-likeness (QED) is 0.654. The first-order valence-corrected chi connectivity index (χ1v) is 9.24. The van der Waals surface area contributed by atoms with Gasteiger partial charge in [0.2, 0.25) is 0 Å². The predicted octanol–water partition coefficient (Wildman–Crippen LogP) is 3.99. The molecule has 0 fully saturated rings. The van der Waals surface area contributed by atoms with E-state index in [1.165, 1.54) is 11.3 Å². The van der Waals surface area contributed by atoms with E-state index in [2.05, 4.69) is 15.6 Å². The molecule has 1 aromatic heterocycles. The van der Waals surface area contributed by atoms with Crippen LogP contribution in [0.4, 0.5) is 5.13 Å². The van der Waals surface area contributed by atoms with Crippen molar-refractivity contribution in [1.82, 2.24) is 10.3 Å². The zero-order valence-electron chi connectivity index (χ0n) is 14.4. The third kappa shape index (κ3) is 5.06. The SMILES string of the molecule is COc1ccc(CNC(=O)c2csc(NC(=O)c3ccc(Cl)cc3)n2)cc1. The average Bonchev–Trinajstić information content (AvgIpc) is 3.15. The van der Waals surface area contributed by atoms with E-state index < -0.39 is 0 Å². The summed E-state index contributed by atoms with van der Waals surface area (Å²) >= 11 is 7.00. The molecule has 0 aliphatic heterocycles. The fourth-order valence-electron chi connectivity index (χ4n) is 2.22.